The summed E-state index contributed by atoms with van der Waals surface area (Å²) in [5.41, 5.74) is 7.64. The number of aromatic nitrogens is 1. The van der Waals surface area contributed by atoms with Crippen molar-refractivity contribution >= 4 is 29.3 Å². The maximum atomic E-state index is 12.9. The fourth-order valence-electron chi connectivity index (χ4n) is 4.38. The van der Waals surface area contributed by atoms with Crippen molar-refractivity contribution in [2.24, 2.45) is 5.73 Å². The first kappa shape index (κ1) is 21.1. The van der Waals surface area contributed by atoms with E-state index in [4.69, 9.17) is 10.5 Å². The van der Waals surface area contributed by atoms with Crippen molar-refractivity contribution < 1.29 is 23.9 Å². The molecule has 3 heterocycles. The van der Waals surface area contributed by atoms with Crippen LogP contribution in [0.25, 0.3) is 0 Å². The molecule has 0 bridgehead atoms. The van der Waals surface area contributed by atoms with E-state index in [1.54, 1.807) is 30.3 Å². The number of ether oxygens (including phenoxy) is 1. The zero-order valence-corrected chi connectivity index (χ0v) is 17.7. The molecule has 10 nitrogen and oxygen atoms in total. The Balaban J connectivity index is 1.30. The van der Waals surface area contributed by atoms with Crippen LogP contribution in [-0.2, 0) is 16.1 Å². The second-order valence-electron chi connectivity index (χ2n) is 8.55. The molecule has 4 amide bonds. The molecule has 1 unspecified atom stereocenters. The quantitative estimate of drug-likeness (QED) is 0.577. The largest absolute Gasteiger partial charge is 0.488 e. The summed E-state index contributed by atoms with van der Waals surface area (Å²) in [6.07, 6.45) is 3.45. The molecule has 2 aromatic rings. The Hall–Kier alpha value is -3.79. The molecule has 33 heavy (non-hydrogen) atoms. The topological polar surface area (TPSA) is 144 Å². The number of piperidine rings is 1. The molecule has 5 rings (SSSR count). The molecule has 3 aliphatic rings. The Morgan fingerprint density at radius 1 is 1.21 bits per heavy atom. The van der Waals surface area contributed by atoms with Crippen LogP contribution in [0.4, 0.5) is 5.69 Å². The average Bonchev–Trinajstić information content (AvgIpc) is 3.08. The van der Waals surface area contributed by atoms with Crippen molar-refractivity contribution in [1.29, 1.82) is 0 Å². The van der Waals surface area contributed by atoms with Gasteiger partial charge in [-0.05, 0) is 55.2 Å². The smallest absolute Gasteiger partial charge is 0.278 e. The number of imide groups is 1. The number of fused-ring (bicyclic) bond motifs is 1. The first-order valence-corrected chi connectivity index (χ1v) is 10.8. The maximum absolute atomic E-state index is 12.9. The molecule has 2 fully saturated rings. The molecular formula is C23H23N5O5. The maximum Gasteiger partial charge on any atom is 0.278 e. The van der Waals surface area contributed by atoms with Crippen molar-refractivity contribution in [1.82, 2.24) is 15.2 Å². The number of nitrogens with two attached hydrogens (primary N) is 1. The molecule has 0 radical (unpaired) electrons. The number of pyridine rings is 1. The molecule has 1 saturated heterocycles. The van der Waals surface area contributed by atoms with Crippen LogP contribution in [-0.4, -0.2) is 51.7 Å². The number of anilines is 1. The van der Waals surface area contributed by atoms with Crippen LogP contribution in [0.15, 0.2) is 36.5 Å². The zero-order chi connectivity index (χ0) is 23.1. The van der Waals surface area contributed by atoms with Crippen LogP contribution in [0.2, 0.25) is 0 Å². The van der Waals surface area contributed by atoms with Gasteiger partial charge in [-0.2, -0.15) is 0 Å². The summed E-state index contributed by atoms with van der Waals surface area (Å²) in [5.74, 6) is -1.09. The lowest BCUT2D eigenvalue weighted by atomic mass is 9.90. The van der Waals surface area contributed by atoms with Gasteiger partial charge in [-0.25, -0.2) is 4.98 Å². The van der Waals surface area contributed by atoms with E-state index in [1.807, 2.05) is 0 Å². The van der Waals surface area contributed by atoms with Gasteiger partial charge >= 0.3 is 0 Å². The number of nitrogens with zero attached hydrogens (tertiary/aromatic N) is 2. The highest BCUT2D eigenvalue weighted by Crippen LogP contribution is 2.30. The molecule has 170 valence electrons. The van der Waals surface area contributed by atoms with Gasteiger partial charge in [-0.15, -0.1) is 0 Å². The molecule has 1 aromatic heterocycles. The number of carbonyl (C=O) groups excluding carboxylic acids is 4. The van der Waals surface area contributed by atoms with Crippen molar-refractivity contribution in [2.75, 3.05) is 5.32 Å². The monoisotopic (exact) mass is 449 g/mol. The number of rotatable bonds is 5. The third-order valence-corrected chi connectivity index (χ3v) is 6.19. The highest BCUT2D eigenvalue weighted by Gasteiger charge is 2.39. The SMILES string of the molecule is NC1CC(Oc2cccnc2C(=O)Nc2ccc3c(c2)CN(C2CCC(=O)NC2=O)C3=O)C1. The molecule has 1 atom stereocenters. The number of benzene rings is 1. The lowest BCUT2D eigenvalue weighted by Gasteiger charge is -2.32. The van der Waals surface area contributed by atoms with Crippen LogP contribution in [0.3, 0.4) is 0 Å². The number of hydrogen-bond donors (Lipinski definition) is 3. The van der Waals surface area contributed by atoms with Crippen molar-refractivity contribution in [2.45, 2.75) is 50.4 Å². The number of carbonyl (C=O) groups is 4. The van der Waals surface area contributed by atoms with Crippen molar-refractivity contribution in [3.8, 4) is 5.75 Å². The Labute approximate surface area is 189 Å². The van der Waals surface area contributed by atoms with Crippen molar-refractivity contribution in [3.05, 3.63) is 53.3 Å². The molecule has 4 N–H and O–H groups in total. The summed E-state index contributed by atoms with van der Waals surface area (Å²) in [5, 5.41) is 5.09. The van der Waals surface area contributed by atoms with Crippen molar-refractivity contribution in [3.63, 3.8) is 0 Å². The Morgan fingerprint density at radius 3 is 2.79 bits per heavy atom. The second-order valence-corrected chi connectivity index (χ2v) is 8.55. The van der Waals surface area contributed by atoms with Crippen LogP contribution in [0.5, 0.6) is 5.75 Å². The number of nitrogens with one attached hydrogen (secondary N) is 2. The summed E-state index contributed by atoms with van der Waals surface area (Å²) in [6, 6.07) is 7.82. The Bertz CT molecular complexity index is 1160. The van der Waals surface area contributed by atoms with E-state index in [9.17, 15) is 19.2 Å². The first-order valence-electron chi connectivity index (χ1n) is 10.8. The molecular weight excluding hydrogens is 426 g/mol. The second kappa shape index (κ2) is 8.28. The molecule has 1 aliphatic carbocycles. The minimum Gasteiger partial charge on any atom is -0.488 e. The van der Waals surface area contributed by atoms with E-state index in [0.29, 0.717) is 29.0 Å². The number of amides is 4. The van der Waals surface area contributed by atoms with Gasteiger partial charge in [-0.3, -0.25) is 24.5 Å². The third-order valence-electron chi connectivity index (χ3n) is 6.19. The van der Waals surface area contributed by atoms with E-state index in [2.05, 4.69) is 15.6 Å². The number of hydrogen-bond acceptors (Lipinski definition) is 7. The summed E-state index contributed by atoms with van der Waals surface area (Å²) < 4.78 is 5.88. The van der Waals surface area contributed by atoms with Crippen LogP contribution >= 0.6 is 0 Å². The van der Waals surface area contributed by atoms with Crippen LogP contribution in [0.1, 0.15) is 52.1 Å². The summed E-state index contributed by atoms with van der Waals surface area (Å²) in [7, 11) is 0. The van der Waals surface area contributed by atoms with Gasteiger partial charge in [0, 0.05) is 36.5 Å². The van der Waals surface area contributed by atoms with E-state index in [1.165, 1.54) is 11.1 Å². The van der Waals surface area contributed by atoms with Gasteiger partial charge in [-0.1, -0.05) is 0 Å². The van der Waals surface area contributed by atoms with Gasteiger partial charge in [0.05, 0.1) is 0 Å². The van der Waals surface area contributed by atoms with Gasteiger partial charge in [0.1, 0.15) is 12.1 Å². The predicted molar refractivity (Wildman–Crippen MR) is 116 cm³/mol. The Kier molecular flexibility index (Phi) is 5.29. The Morgan fingerprint density at radius 2 is 2.03 bits per heavy atom. The van der Waals surface area contributed by atoms with Gasteiger partial charge in [0.25, 0.3) is 11.8 Å². The summed E-state index contributed by atoms with van der Waals surface area (Å²) in [6.45, 7) is 0.226. The van der Waals surface area contributed by atoms with E-state index >= 15 is 0 Å². The predicted octanol–water partition coefficient (Wildman–Crippen LogP) is 0.963. The minimum atomic E-state index is -0.687. The summed E-state index contributed by atoms with van der Waals surface area (Å²) in [4.78, 5) is 55.0. The van der Waals surface area contributed by atoms with E-state index in [-0.39, 0.29) is 42.6 Å². The third kappa shape index (κ3) is 4.05. The van der Waals surface area contributed by atoms with E-state index in [0.717, 1.165) is 12.8 Å². The molecule has 1 saturated carbocycles. The fourth-order valence-corrected chi connectivity index (χ4v) is 4.38. The van der Waals surface area contributed by atoms with Gasteiger partial charge in [0.2, 0.25) is 11.8 Å². The van der Waals surface area contributed by atoms with Crippen LogP contribution in [0, 0.1) is 0 Å². The van der Waals surface area contributed by atoms with E-state index < -0.39 is 17.9 Å². The zero-order valence-electron chi connectivity index (χ0n) is 17.7. The lowest BCUT2D eigenvalue weighted by molar-refractivity contribution is -0.136. The molecule has 10 heteroatoms. The normalized spacial score (nSPS) is 24.1. The fraction of sp³-hybridized carbons (Fsp3) is 0.348. The van der Waals surface area contributed by atoms with Gasteiger partial charge in [0.15, 0.2) is 11.4 Å². The standard InChI is InChI=1S/C23H23N5O5/c24-13-9-15(10-13)33-18-2-1-7-25-20(18)22(31)26-14-3-4-16-12(8-14)11-28(23(16)32)17-5-6-19(29)27-21(17)30/h1-4,7-8,13,15,17H,5-6,9-11,24H2,(H,26,31)(H,27,29,30). The molecule has 1 aromatic carbocycles. The molecule has 0 spiro atoms. The summed E-state index contributed by atoms with van der Waals surface area (Å²) >= 11 is 0. The first-order chi connectivity index (χ1) is 15.9. The van der Waals surface area contributed by atoms with Crippen LogP contribution < -0.4 is 21.1 Å². The molecule has 2 aliphatic heterocycles. The lowest BCUT2D eigenvalue weighted by Crippen LogP contribution is -2.52. The highest BCUT2D eigenvalue weighted by atomic mass is 16.5. The average molecular weight is 449 g/mol. The minimum absolute atomic E-state index is 0.0278. The highest BCUT2D eigenvalue weighted by molar-refractivity contribution is 6.07. The van der Waals surface area contributed by atoms with Gasteiger partial charge < -0.3 is 20.7 Å².